The summed E-state index contributed by atoms with van der Waals surface area (Å²) in [4.78, 5) is 2.58. The average molecular weight is 256 g/mol. The topological polar surface area (TPSA) is 24.5 Å². The van der Waals surface area contributed by atoms with Crippen molar-refractivity contribution in [3.8, 4) is 0 Å². The van der Waals surface area contributed by atoms with Crippen LogP contribution in [0.25, 0.3) is 0 Å². The first kappa shape index (κ1) is 15.9. The minimum absolute atomic E-state index is 0.451. The molecule has 0 amide bonds. The van der Waals surface area contributed by atoms with Crippen LogP contribution in [-0.2, 0) is 4.74 Å². The number of hydrogen-bond acceptors (Lipinski definition) is 3. The number of piperidine rings is 1. The highest BCUT2D eigenvalue weighted by Gasteiger charge is 2.25. The van der Waals surface area contributed by atoms with E-state index in [1.54, 1.807) is 0 Å². The van der Waals surface area contributed by atoms with Gasteiger partial charge < -0.3 is 15.0 Å². The monoisotopic (exact) mass is 256 g/mol. The molecular formula is C15H32N2O. The second kappa shape index (κ2) is 9.76. The van der Waals surface area contributed by atoms with Gasteiger partial charge in [-0.25, -0.2) is 0 Å². The maximum absolute atomic E-state index is 5.56. The number of unbranched alkanes of at least 4 members (excludes halogenated alkanes) is 3. The van der Waals surface area contributed by atoms with Crippen LogP contribution in [0.3, 0.4) is 0 Å². The Kier molecular flexibility index (Phi) is 8.64. The average Bonchev–Trinajstić information content (AvgIpc) is 2.39. The van der Waals surface area contributed by atoms with Crippen molar-refractivity contribution in [2.45, 2.75) is 52.1 Å². The molecule has 0 bridgehead atoms. The van der Waals surface area contributed by atoms with Gasteiger partial charge in [0.15, 0.2) is 0 Å². The van der Waals surface area contributed by atoms with Crippen molar-refractivity contribution in [1.82, 2.24) is 10.2 Å². The van der Waals surface area contributed by atoms with E-state index >= 15 is 0 Å². The van der Waals surface area contributed by atoms with E-state index in [2.05, 4.69) is 24.1 Å². The summed E-state index contributed by atoms with van der Waals surface area (Å²) in [6.45, 7) is 10.4. The first-order valence-electron chi connectivity index (χ1n) is 7.73. The molecule has 0 aliphatic carbocycles. The van der Waals surface area contributed by atoms with Crippen LogP contribution in [0, 0.1) is 5.92 Å². The van der Waals surface area contributed by atoms with Gasteiger partial charge in [-0.05, 0) is 51.4 Å². The molecule has 1 aliphatic heterocycles. The van der Waals surface area contributed by atoms with Crippen molar-refractivity contribution in [2.75, 3.05) is 39.8 Å². The Morgan fingerprint density at radius 2 is 2.00 bits per heavy atom. The van der Waals surface area contributed by atoms with Gasteiger partial charge in [0, 0.05) is 13.7 Å². The number of ether oxygens (including phenoxy) is 1. The van der Waals surface area contributed by atoms with E-state index in [0.717, 1.165) is 19.0 Å². The van der Waals surface area contributed by atoms with Crippen molar-refractivity contribution in [3.05, 3.63) is 0 Å². The quantitative estimate of drug-likeness (QED) is 0.642. The molecule has 1 rings (SSSR count). The predicted molar refractivity (Wildman–Crippen MR) is 78.0 cm³/mol. The Morgan fingerprint density at radius 3 is 2.72 bits per heavy atom. The SMILES string of the molecule is CCNCCCCCCN1CCC(C)C(OC)C1. The van der Waals surface area contributed by atoms with Crippen LogP contribution in [0.5, 0.6) is 0 Å². The minimum Gasteiger partial charge on any atom is -0.380 e. The second-order valence-electron chi connectivity index (χ2n) is 5.61. The van der Waals surface area contributed by atoms with Crippen LogP contribution in [0.2, 0.25) is 0 Å². The van der Waals surface area contributed by atoms with Crippen molar-refractivity contribution in [3.63, 3.8) is 0 Å². The van der Waals surface area contributed by atoms with Crippen LogP contribution >= 0.6 is 0 Å². The van der Waals surface area contributed by atoms with Crippen molar-refractivity contribution < 1.29 is 4.74 Å². The van der Waals surface area contributed by atoms with Crippen LogP contribution in [0.1, 0.15) is 46.0 Å². The third kappa shape index (κ3) is 6.17. The zero-order valence-electron chi connectivity index (χ0n) is 12.6. The molecule has 0 radical (unpaired) electrons. The van der Waals surface area contributed by atoms with Crippen LogP contribution in [-0.4, -0.2) is 50.8 Å². The standard InChI is InChI=1S/C15H32N2O/c1-4-16-10-7-5-6-8-11-17-12-9-14(2)15(13-17)18-3/h14-16H,4-13H2,1-3H3. The summed E-state index contributed by atoms with van der Waals surface area (Å²) in [5.41, 5.74) is 0. The fourth-order valence-corrected chi connectivity index (χ4v) is 2.72. The van der Waals surface area contributed by atoms with Crippen molar-refractivity contribution in [2.24, 2.45) is 5.92 Å². The fraction of sp³-hybridized carbons (Fsp3) is 1.00. The van der Waals surface area contributed by atoms with Crippen LogP contribution in [0.15, 0.2) is 0 Å². The molecule has 108 valence electrons. The summed E-state index contributed by atoms with van der Waals surface area (Å²) < 4.78 is 5.56. The van der Waals surface area contributed by atoms with Gasteiger partial charge in [-0.3, -0.25) is 0 Å². The number of methoxy groups -OCH3 is 1. The summed E-state index contributed by atoms with van der Waals surface area (Å²) >= 11 is 0. The van der Waals surface area contributed by atoms with Crippen molar-refractivity contribution >= 4 is 0 Å². The molecule has 0 aromatic carbocycles. The molecule has 3 nitrogen and oxygen atoms in total. The van der Waals surface area contributed by atoms with E-state index < -0.39 is 0 Å². The highest BCUT2D eigenvalue weighted by atomic mass is 16.5. The Hall–Kier alpha value is -0.120. The normalized spacial score (nSPS) is 25.5. The molecule has 1 aliphatic rings. The lowest BCUT2D eigenvalue weighted by molar-refractivity contribution is -0.00525. The zero-order chi connectivity index (χ0) is 13.2. The van der Waals surface area contributed by atoms with Crippen LogP contribution in [0.4, 0.5) is 0 Å². The highest BCUT2D eigenvalue weighted by molar-refractivity contribution is 4.78. The first-order chi connectivity index (χ1) is 8.77. The zero-order valence-corrected chi connectivity index (χ0v) is 12.6. The van der Waals surface area contributed by atoms with E-state index in [1.165, 1.54) is 51.7 Å². The van der Waals surface area contributed by atoms with E-state index in [0.29, 0.717) is 6.10 Å². The minimum atomic E-state index is 0.451. The van der Waals surface area contributed by atoms with Gasteiger partial charge >= 0.3 is 0 Å². The number of rotatable bonds is 9. The van der Waals surface area contributed by atoms with E-state index in [-0.39, 0.29) is 0 Å². The maximum Gasteiger partial charge on any atom is 0.0724 e. The van der Waals surface area contributed by atoms with E-state index in [1.807, 2.05) is 7.11 Å². The molecule has 2 atom stereocenters. The molecule has 1 N–H and O–H groups in total. The highest BCUT2D eigenvalue weighted by Crippen LogP contribution is 2.19. The third-order valence-corrected chi connectivity index (χ3v) is 4.10. The van der Waals surface area contributed by atoms with Gasteiger partial charge in [-0.15, -0.1) is 0 Å². The molecule has 0 aromatic rings. The van der Waals surface area contributed by atoms with Gasteiger partial charge in [-0.2, -0.15) is 0 Å². The summed E-state index contributed by atoms with van der Waals surface area (Å²) in [6, 6.07) is 0. The van der Waals surface area contributed by atoms with Gasteiger partial charge in [0.25, 0.3) is 0 Å². The summed E-state index contributed by atoms with van der Waals surface area (Å²) in [6.07, 6.45) is 7.15. The van der Waals surface area contributed by atoms with Gasteiger partial charge in [0.05, 0.1) is 6.10 Å². The third-order valence-electron chi connectivity index (χ3n) is 4.10. The molecule has 1 saturated heterocycles. The lowest BCUT2D eigenvalue weighted by Crippen LogP contribution is -2.44. The number of nitrogens with zero attached hydrogens (tertiary/aromatic N) is 1. The van der Waals surface area contributed by atoms with E-state index in [4.69, 9.17) is 4.74 Å². The Labute approximate surface area is 113 Å². The molecule has 0 spiro atoms. The Balaban J connectivity index is 1.99. The summed E-state index contributed by atoms with van der Waals surface area (Å²) in [5, 5.41) is 3.38. The smallest absolute Gasteiger partial charge is 0.0724 e. The number of likely N-dealkylation sites (tertiary alicyclic amines) is 1. The van der Waals surface area contributed by atoms with E-state index in [9.17, 15) is 0 Å². The lowest BCUT2D eigenvalue weighted by Gasteiger charge is -2.36. The lowest BCUT2D eigenvalue weighted by atomic mass is 9.95. The first-order valence-corrected chi connectivity index (χ1v) is 7.73. The molecule has 2 unspecified atom stereocenters. The fourth-order valence-electron chi connectivity index (χ4n) is 2.72. The molecule has 18 heavy (non-hydrogen) atoms. The summed E-state index contributed by atoms with van der Waals surface area (Å²) in [5.74, 6) is 0.728. The molecule has 1 heterocycles. The molecule has 1 fully saturated rings. The summed E-state index contributed by atoms with van der Waals surface area (Å²) in [7, 11) is 1.85. The molecule has 3 heteroatoms. The number of nitrogens with one attached hydrogen (secondary N) is 1. The maximum atomic E-state index is 5.56. The second-order valence-corrected chi connectivity index (χ2v) is 5.61. The predicted octanol–water partition coefficient (Wildman–Crippen LogP) is 2.51. The van der Waals surface area contributed by atoms with Gasteiger partial charge in [0.2, 0.25) is 0 Å². The molecule has 0 aromatic heterocycles. The van der Waals surface area contributed by atoms with Crippen molar-refractivity contribution in [1.29, 1.82) is 0 Å². The van der Waals surface area contributed by atoms with Gasteiger partial charge in [0.1, 0.15) is 0 Å². The number of hydrogen-bond donors (Lipinski definition) is 1. The largest absolute Gasteiger partial charge is 0.380 e. The Morgan fingerprint density at radius 1 is 1.22 bits per heavy atom. The van der Waals surface area contributed by atoms with Crippen LogP contribution < -0.4 is 5.32 Å². The van der Waals surface area contributed by atoms with Gasteiger partial charge in [-0.1, -0.05) is 26.7 Å². The molecular weight excluding hydrogens is 224 g/mol. The molecule has 0 saturated carbocycles. The Bertz CT molecular complexity index is 199.